The quantitative estimate of drug-likeness (QED) is 0.476. The Morgan fingerprint density at radius 1 is 1.05 bits per heavy atom. The van der Waals surface area contributed by atoms with E-state index < -0.39 is 29.2 Å². The highest BCUT2D eigenvalue weighted by atomic mass is 127. The lowest BCUT2D eigenvalue weighted by atomic mass is 10.2. The van der Waals surface area contributed by atoms with Crippen LogP contribution in [-0.2, 0) is 0 Å². The molecule has 1 N–H and O–H groups in total. The lowest BCUT2D eigenvalue weighted by molar-refractivity contribution is 0.411. The van der Waals surface area contributed by atoms with Gasteiger partial charge in [0.05, 0.1) is 0 Å². The van der Waals surface area contributed by atoms with Crippen molar-refractivity contribution in [2.24, 2.45) is 0 Å². The van der Waals surface area contributed by atoms with Crippen molar-refractivity contribution in [1.29, 1.82) is 0 Å². The van der Waals surface area contributed by atoms with Gasteiger partial charge in [0.25, 0.3) is 11.9 Å². The van der Waals surface area contributed by atoms with Crippen molar-refractivity contribution >= 4 is 34.0 Å². The molecule has 0 saturated heterocycles. The molecule has 0 radical (unpaired) electrons. The summed E-state index contributed by atoms with van der Waals surface area (Å²) >= 11 is 2.04. The van der Waals surface area contributed by atoms with E-state index in [0.717, 1.165) is 3.57 Å². The summed E-state index contributed by atoms with van der Waals surface area (Å²) in [7, 11) is 0. The van der Waals surface area contributed by atoms with Crippen LogP contribution in [0.5, 0.6) is 0 Å². The number of nitrogens with one attached hydrogen (secondary N) is 1. The predicted octanol–water partition coefficient (Wildman–Crippen LogP) is 4.29. The van der Waals surface area contributed by atoms with Crippen molar-refractivity contribution in [3.8, 4) is 0 Å². The summed E-state index contributed by atoms with van der Waals surface area (Å²) in [6.07, 6.45) is 0. The Kier molecular flexibility index (Phi) is 3.93. The molecule has 0 saturated carbocycles. The van der Waals surface area contributed by atoms with Gasteiger partial charge in [-0.1, -0.05) is 6.07 Å². The zero-order valence-electron chi connectivity index (χ0n) is 9.57. The van der Waals surface area contributed by atoms with Gasteiger partial charge in [0.1, 0.15) is 5.69 Å². The zero-order valence-corrected chi connectivity index (χ0v) is 11.7. The molecule has 2 nitrogen and oxygen atoms in total. The fraction of sp³-hybridized carbons (Fsp3) is 0.0833. The van der Waals surface area contributed by atoms with Crippen LogP contribution < -0.4 is 5.32 Å². The molecule has 0 spiro atoms. The van der Waals surface area contributed by atoms with Gasteiger partial charge >= 0.3 is 0 Å². The van der Waals surface area contributed by atoms with Crippen molar-refractivity contribution in [1.82, 2.24) is 4.98 Å². The highest BCUT2D eigenvalue weighted by Crippen LogP contribution is 2.28. The maximum atomic E-state index is 13.5. The van der Waals surface area contributed by atoms with Gasteiger partial charge in [-0.15, -0.1) is 0 Å². The molecular weight excluding hydrogens is 375 g/mol. The molecule has 0 atom stereocenters. The van der Waals surface area contributed by atoms with Crippen LogP contribution in [0.15, 0.2) is 18.2 Å². The summed E-state index contributed by atoms with van der Waals surface area (Å²) < 4.78 is 53.7. The molecule has 7 heteroatoms. The number of hydrogen-bond acceptors (Lipinski definition) is 2. The Morgan fingerprint density at radius 2 is 1.63 bits per heavy atom. The average Bonchev–Trinajstić information content (AvgIpc) is 2.37. The van der Waals surface area contributed by atoms with Crippen molar-refractivity contribution in [2.75, 3.05) is 5.32 Å². The summed E-state index contributed by atoms with van der Waals surface area (Å²) in [4.78, 5) is 2.49. The molecular formula is C12H7F4IN2. The van der Waals surface area contributed by atoms with E-state index in [2.05, 4.69) is 10.3 Å². The Balaban J connectivity index is 2.52. The molecule has 0 fully saturated rings. The molecule has 0 bridgehead atoms. The maximum absolute atomic E-state index is 13.5. The minimum atomic E-state index is -1.69. The fourth-order valence-corrected chi connectivity index (χ4v) is 1.97. The van der Waals surface area contributed by atoms with Crippen LogP contribution in [0.2, 0.25) is 0 Å². The summed E-state index contributed by atoms with van der Waals surface area (Å²) in [5, 5.41) is 2.36. The smallest absolute Gasteiger partial charge is 0.253 e. The van der Waals surface area contributed by atoms with Crippen LogP contribution in [-0.4, -0.2) is 4.98 Å². The van der Waals surface area contributed by atoms with E-state index in [4.69, 9.17) is 0 Å². The molecule has 0 unspecified atom stereocenters. The highest BCUT2D eigenvalue weighted by Gasteiger charge is 2.21. The third-order valence-electron chi connectivity index (χ3n) is 2.52. The first-order valence-corrected chi connectivity index (χ1v) is 6.21. The van der Waals surface area contributed by atoms with Gasteiger partial charge < -0.3 is 5.32 Å². The van der Waals surface area contributed by atoms with Crippen LogP contribution in [0.1, 0.15) is 5.56 Å². The van der Waals surface area contributed by atoms with Crippen LogP contribution >= 0.6 is 22.6 Å². The third-order valence-corrected chi connectivity index (χ3v) is 3.69. The van der Waals surface area contributed by atoms with E-state index in [1.807, 2.05) is 22.6 Å². The van der Waals surface area contributed by atoms with E-state index in [9.17, 15) is 17.6 Å². The number of halogens is 5. The van der Waals surface area contributed by atoms with E-state index >= 15 is 0 Å². The lowest BCUT2D eigenvalue weighted by Gasteiger charge is -2.12. The van der Waals surface area contributed by atoms with Crippen LogP contribution in [0.4, 0.5) is 28.9 Å². The highest BCUT2D eigenvalue weighted by molar-refractivity contribution is 14.1. The van der Waals surface area contributed by atoms with Gasteiger partial charge in [-0.25, -0.2) is 0 Å². The molecule has 0 aliphatic rings. The molecule has 0 aliphatic heterocycles. The van der Waals surface area contributed by atoms with Crippen molar-refractivity contribution in [2.45, 2.75) is 6.92 Å². The van der Waals surface area contributed by atoms with Crippen molar-refractivity contribution in [3.05, 3.63) is 50.9 Å². The van der Waals surface area contributed by atoms with E-state index in [1.165, 1.54) is 0 Å². The van der Waals surface area contributed by atoms with Crippen molar-refractivity contribution in [3.63, 3.8) is 0 Å². The molecule has 0 amide bonds. The SMILES string of the molecule is Cc1c(I)cccc1Nc1c(F)c(F)nc(F)c1F. The lowest BCUT2D eigenvalue weighted by Crippen LogP contribution is -2.07. The van der Waals surface area contributed by atoms with Gasteiger partial charge in [-0.3, -0.25) is 0 Å². The monoisotopic (exact) mass is 382 g/mol. The predicted molar refractivity (Wildman–Crippen MR) is 71.2 cm³/mol. The normalized spacial score (nSPS) is 10.6. The number of nitrogens with zero attached hydrogens (tertiary/aromatic N) is 1. The second kappa shape index (κ2) is 5.32. The number of rotatable bonds is 2. The molecule has 100 valence electrons. The largest absolute Gasteiger partial charge is 0.350 e. The second-order valence-corrected chi connectivity index (χ2v) is 4.90. The minimum Gasteiger partial charge on any atom is -0.350 e. The molecule has 1 aromatic carbocycles. The van der Waals surface area contributed by atoms with E-state index in [1.54, 1.807) is 25.1 Å². The summed E-state index contributed by atoms with van der Waals surface area (Å²) in [6.45, 7) is 1.72. The average molecular weight is 382 g/mol. The number of pyridine rings is 1. The minimum absolute atomic E-state index is 0.356. The molecule has 19 heavy (non-hydrogen) atoms. The van der Waals surface area contributed by atoms with Gasteiger partial charge in [0.15, 0.2) is 0 Å². The Morgan fingerprint density at radius 3 is 2.21 bits per heavy atom. The third kappa shape index (κ3) is 2.65. The van der Waals surface area contributed by atoms with Gasteiger partial charge in [0.2, 0.25) is 11.6 Å². The maximum Gasteiger partial charge on any atom is 0.253 e. The molecule has 1 aromatic heterocycles. The number of hydrogen-bond donors (Lipinski definition) is 1. The Labute approximate surface area is 120 Å². The molecule has 0 aliphatic carbocycles. The van der Waals surface area contributed by atoms with Crippen LogP contribution in [0.3, 0.4) is 0 Å². The number of anilines is 2. The number of aromatic nitrogens is 1. The summed E-state index contributed by atoms with van der Waals surface area (Å²) in [5.41, 5.74) is 0.171. The first kappa shape index (κ1) is 14.0. The summed E-state index contributed by atoms with van der Waals surface area (Å²) in [5.74, 6) is -6.50. The first-order chi connectivity index (χ1) is 8.91. The second-order valence-electron chi connectivity index (χ2n) is 3.73. The van der Waals surface area contributed by atoms with E-state index in [0.29, 0.717) is 11.3 Å². The zero-order chi connectivity index (χ0) is 14.2. The molecule has 1 heterocycles. The molecule has 2 rings (SSSR count). The molecule has 2 aromatic rings. The fourth-order valence-electron chi connectivity index (χ4n) is 1.47. The van der Waals surface area contributed by atoms with Crippen LogP contribution in [0, 0.1) is 34.0 Å². The van der Waals surface area contributed by atoms with Gasteiger partial charge in [-0.05, 0) is 47.2 Å². The van der Waals surface area contributed by atoms with Crippen LogP contribution in [0.25, 0.3) is 0 Å². The standard InChI is InChI=1S/C12H7F4IN2/c1-5-6(17)3-2-4-7(5)18-10-8(13)11(15)19-12(16)9(10)14/h2-4H,1H3,(H,18,19). The topological polar surface area (TPSA) is 24.9 Å². The summed E-state index contributed by atoms with van der Waals surface area (Å²) in [6, 6.07) is 4.99. The first-order valence-electron chi connectivity index (χ1n) is 5.14. The Bertz CT molecular complexity index is 620. The van der Waals surface area contributed by atoms with E-state index in [-0.39, 0.29) is 0 Å². The number of benzene rings is 1. The van der Waals surface area contributed by atoms with Gasteiger partial charge in [-0.2, -0.15) is 22.5 Å². The Hall–Kier alpha value is -1.38. The van der Waals surface area contributed by atoms with Gasteiger partial charge in [0, 0.05) is 9.26 Å². The van der Waals surface area contributed by atoms with Crippen molar-refractivity contribution < 1.29 is 17.6 Å².